The lowest BCUT2D eigenvalue weighted by molar-refractivity contribution is 0.102. The number of hydrogen-bond acceptors (Lipinski definition) is 4. The molecule has 2 aromatic carbocycles. The monoisotopic (exact) mass is 352 g/mol. The normalized spacial score (nSPS) is 10.3. The molecule has 5 nitrogen and oxygen atoms in total. The molecule has 0 atom stereocenters. The van der Waals surface area contributed by atoms with Crippen LogP contribution < -0.4 is 10.6 Å². The summed E-state index contributed by atoms with van der Waals surface area (Å²) < 4.78 is 0. The van der Waals surface area contributed by atoms with E-state index in [-0.39, 0.29) is 11.6 Å². The van der Waals surface area contributed by atoms with Crippen LogP contribution in [0.2, 0.25) is 5.02 Å². The molecule has 2 N–H and O–H groups in total. The number of nitrogens with one attached hydrogen (secondary N) is 2. The van der Waals surface area contributed by atoms with E-state index in [9.17, 15) is 4.79 Å². The van der Waals surface area contributed by atoms with E-state index in [1.54, 1.807) is 30.5 Å². The van der Waals surface area contributed by atoms with Crippen molar-refractivity contribution in [2.75, 3.05) is 10.6 Å². The molecule has 0 bridgehead atoms. The fourth-order valence-corrected chi connectivity index (χ4v) is 2.48. The van der Waals surface area contributed by atoms with Gasteiger partial charge in [0.1, 0.15) is 11.5 Å². The van der Waals surface area contributed by atoms with Crippen molar-refractivity contribution in [3.05, 3.63) is 82.8 Å². The number of anilines is 2. The van der Waals surface area contributed by atoms with Gasteiger partial charge in [-0.3, -0.25) is 4.79 Å². The number of halogens is 1. The maximum absolute atomic E-state index is 12.2. The Morgan fingerprint density at radius 1 is 1.08 bits per heavy atom. The minimum atomic E-state index is -0.333. The Bertz CT molecular complexity index is 881. The van der Waals surface area contributed by atoms with Gasteiger partial charge in [-0.2, -0.15) is 0 Å². The third-order valence-electron chi connectivity index (χ3n) is 3.69. The Labute approximate surface area is 151 Å². The largest absolute Gasteiger partial charge is 0.365 e. The van der Waals surface area contributed by atoms with Crippen LogP contribution in [-0.2, 0) is 6.54 Å². The first-order valence-electron chi connectivity index (χ1n) is 7.79. The highest BCUT2D eigenvalue weighted by Crippen LogP contribution is 2.16. The van der Waals surface area contributed by atoms with Crippen LogP contribution in [0, 0.1) is 6.92 Å². The van der Waals surface area contributed by atoms with Crippen molar-refractivity contribution in [1.29, 1.82) is 0 Å². The van der Waals surface area contributed by atoms with Crippen molar-refractivity contribution in [1.82, 2.24) is 9.97 Å². The number of carbonyl (C=O) groups excluding carboxylic acids is 1. The zero-order valence-electron chi connectivity index (χ0n) is 13.7. The fraction of sp³-hybridized carbons (Fsp3) is 0.105. The molecule has 3 aromatic rings. The maximum atomic E-state index is 12.2. The molecule has 0 saturated carbocycles. The van der Waals surface area contributed by atoms with Crippen LogP contribution in [0.1, 0.15) is 21.6 Å². The second kappa shape index (κ2) is 7.77. The first-order valence-corrected chi connectivity index (χ1v) is 8.17. The van der Waals surface area contributed by atoms with E-state index in [1.165, 1.54) is 17.3 Å². The second-order valence-electron chi connectivity index (χ2n) is 5.53. The molecule has 126 valence electrons. The summed E-state index contributed by atoms with van der Waals surface area (Å²) in [6.45, 7) is 2.71. The van der Waals surface area contributed by atoms with Crippen LogP contribution in [0.3, 0.4) is 0 Å². The van der Waals surface area contributed by atoms with Gasteiger partial charge in [0, 0.05) is 17.3 Å². The molecule has 1 amide bonds. The van der Waals surface area contributed by atoms with Gasteiger partial charge >= 0.3 is 0 Å². The summed E-state index contributed by atoms with van der Waals surface area (Å²) in [7, 11) is 0. The van der Waals surface area contributed by atoms with Gasteiger partial charge < -0.3 is 10.6 Å². The predicted octanol–water partition coefficient (Wildman–Crippen LogP) is 4.30. The molecule has 6 heteroatoms. The molecule has 0 fully saturated rings. The number of carbonyl (C=O) groups is 1. The van der Waals surface area contributed by atoms with Gasteiger partial charge in [0.05, 0.1) is 12.4 Å². The number of aromatic nitrogens is 2. The highest BCUT2D eigenvalue weighted by molar-refractivity contribution is 6.30. The van der Waals surface area contributed by atoms with Crippen molar-refractivity contribution in [2.24, 2.45) is 0 Å². The van der Waals surface area contributed by atoms with E-state index in [2.05, 4.69) is 39.7 Å². The number of nitrogens with zero attached hydrogens (tertiary/aromatic N) is 2. The van der Waals surface area contributed by atoms with Crippen LogP contribution in [-0.4, -0.2) is 15.9 Å². The van der Waals surface area contributed by atoms with E-state index in [0.717, 1.165) is 0 Å². The van der Waals surface area contributed by atoms with Gasteiger partial charge in [0.2, 0.25) is 0 Å². The lowest BCUT2D eigenvalue weighted by Crippen LogP contribution is -2.14. The van der Waals surface area contributed by atoms with Crippen LogP contribution in [0.15, 0.2) is 60.9 Å². The number of hydrogen-bond donors (Lipinski definition) is 2. The molecule has 0 spiro atoms. The van der Waals surface area contributed by atoms with Crippen molar-refractivity contribution in [3.8, 4) is 0 Å². The van der Waals surface area contributed by atoms with E-state index >= 15 is 0 Å². The molecule has 0 aliphatic carbocycles. The lowest BCUT2D eigenvalue weighted by atomic mass is 10.1. The van der Waals surface area contributed by atoms with Crippen LogP contribution in [0.5, 0.6) is 0 Å². The first kappa shape index (κ1) is 16.9. The minimum Gasteiger partial charge on any atom is -0.365 e. The SMILES string of the molecule is Cc1ccccc1CNc1cnc(C(=O)Nc2cccc(Cl)c2)cn1. The fourth-order valence-electron chi connectivity index (χ4n) is 2.29. The summed E-state index contributed by atoms with van der Waals surface area (Å²) in [5, 5.41) is 6.50. The molecule has 3 rings (SSSR count). The smallest absolute Gasteiger partial charge is 0.275 e. The Balaban J connectivity index is 1.61. The van der Waals surface area contributed by atoms with Crippen molar-refractivity contribution in [3.63, 3.8) is 0 Å². The van der Waals surface area contributed by atoms with Gasteiger partial charge in [0.25, 0.3) is 5.91 Å². The molecule has 1 heterocycles. The number of amides is 1. The third-order valence-corrected chi connectivity index (χ3v) is 3.92. The van der Waals surface area contributed by atoms with E-state index in [4.69, 9.17) is 11.6 Å². The Morgan fingerprint density at radius 3 is 2.64 bits per heavy atom. The van der Waals surface area contributed by atoms with E-state index in [0.29, 0.717) is 23.1 Å². The minimum absolute atomic E-state index is 0.237. The average Bonchev–Trinajstić information content (AvgIpc) is 2.61. The Kier molecular flexibility index (Phi) is 5.26. The summed E-state index contributed by atoms with van der Waals surface area (Å²) in [6, 6.07) is 15.1. The van der Waals surface area contributed by atoms with Gasteiger partial charge in [-0.25, -0.2) is 9.97 Å². The highest BCUT2D eigenvalue weighted by Gasteiger charge is 2.09. The lowest BCUT2D eigenvalue weighted by Gasteiger charge is -2.09. The molecular formula is C19H17ClN4O. The van der Waals surface area contributed by atoms with Gasteiger partial charge in [-0.05, 0) is 36.2 Å². The summed E-state index contributed by atoms with van der Waals surface area (Å²) in [5.74, 6) is 0.280. The summed E-state index contributed by atoms with van der Waals surface area (Å²) >= 11 is 5.90. The molecule has 0 aliphatic rings. The molecular weight excluding hydrogens is 336 g/mol. The quantitative estimate of drug-likeness (QED) is 0.718. The average molecular weight is 353 g/mol. The summed E-state index contributed by atoms with van der Waals surface area (Å²) in [4.78, 5) is 20.6. The Morgan fingerprint density at radius 2 is 1.92 bits per heavy atom. The zero-order valence-corrected chi connectivity index (χ0v) is 14.4. The van der Waals surface area contributed by atoms with Crippen molar-refractivity contribution >= 4 is 29.0 Å². The van der Waals surface area contributed by atoms with Crippen molar-refractivity contribution in [2.45, 2.75) is 13.5 Å². The summed E-state index contributed by atoms with van der Waals surface area (Å²) in [6.07, 6.45) is 2.99. The standard InChI is InChI=1S/C19H17ClN4O/c1-13-5-2-3-6-14(13)10-22-18-12-21-17(11-23-18)19(25)24-16-8-4-7-15(20)9-16/h2-9,11-12H,10H2,1H3,(H,22,23)(H,24,25). The maximum Gasteiger partial charge on any atom is 0.275 e. The van der Waals surface area contributed by atoms with Gasteiger partial charge in [-0.15, -0.1) is 0 Å². The van der Waals surface area contributed by atoms with Gasteiger partial charge in [-0.1, -0.05) is 41.9 Å². The number of aryl methyl sites for hydroxylation is 1. The van der Waals surface area contributed by atoms with Gasteiger partial charge in [0.15, 0.2) is 0 Å². The molecule has 0 aliphatic heterocycles. The topological polar surface area (TPSA) is 66.9 Å². The van der Waals surface area contributed by atoms with Crippen LogP contribution >= 0.6 is 11.6 Å². The first-order chi connectivity index (χ1) is 12.1. The van der Waals surface area contributed by atoms with Crippen LogP contribution in [0.25, 0.3) is 0 Å². The predicted molar refractivity (Wildman–Crippen MR) is 99.9 cm³/mol. The highest BCUT2D eigenvalue weighted by atomic mass is 35.5. The molecule has 25 heavy (non-hydrogen) atoms. The third kappa shape index (κ3) is 4.55. The van der Waals surface area contributed by atoms with Crippen molar-refractivity contribution < 1.29 is 4.79 Å². The van der Waals surface area contributed by atoms with E-state index < -0.39 is 0 Å². The van der Waals surface area contributed by atoms with Crippen LogP contribution in [0.4, 0.5) is 11.5 Å². The molecule has 0 unspecified atom stereocenters. The number of benzene rings is 2. The zero-order chi connectivity index (χ0) is 17.6. The second-order valence-corrected chi connectivity index (χ2v) is 5.97. The summed E-state index contributed by atoms with van der Waals surface area (Å²) in [5.41, 5.74) is 3.25. The molecule has 1 aromatic heterocycles. The number of rotatable bonds is 5. The Hall–Kier alpha value is -2.92. The van der Waals surface area contributed by atoms with E-state index in [1.807, 2.05) is 12.1 Å². The molecule has 0 saturated heterocycles. The molecule has 0 radical (unpaired) electrons.